The third-order valence-corrected chi connectivity index (χ3v) is 2.40. The maximum Gasteiger partial charge on any atom is 0.387 e. The van der Waals surface area contributed by atoms with Gasteiger partial charge in [-0.05, 0) is 30.0 Å². The van der Waals surface area contributed by atoms with Crippen molar-refractivity contribution in [3.8, 4) is 5.75 Å². The van der Waals surface area contributed by atoms with Gasteiger partial charge in [-0.3, -0.25) is 0 Å². The van der Waals surface area contributed by atoms with Crippen LogP contribution in [0.3, 0.4) is 0 Å². The summed E-state index contributed by atoms with van der Waals surface area (Å²) in [6.45, 7) is 1.51. The van der Waals surface area contributed by atoms with Crippen molar-refractivity contribution >= 4 is 0 Å². The highest BCUT2D eigenvalue weighted by Crippen LogP contribution is 2.19. The van der Waals surface area contributed by atoms with E-state index >= 15 is 0 Å². The molecule has 0 bridgehead atoms. The summed E-state index contributed by atoms with van der Waals surface area (Å²) >= 11 is 0. The molecule has 1 nitrogen and oxygen atoms in total. The van der Waals surface area contributed by atoms with Crippen LogP contribution in [0.5, 0.6) is 5.75 Å². The van der Waals surface area contributed by atoms with E-state index in [1.807, 2.05) is 6.07 Å². The van der Waals surface area contributed by atoms with Gasteiger partial charge in [0, 0.05) is 0 Å². The van der Waals surface area contributed by atoms with Crippen molar-refractivity contribution in [2.24, 2.45) is 5.92 Å². The fourth-order valence-electron chi connectivity index (χ4n) is 1.40. The van der Waals surface area contributed by atoms with E-state index in [-0.39, 0.29) is 5.75 Å². The molecule has 1 rings (SSSR count). The molecule has 84 valence electrons. The van der Waals surface area contributed by atoms with E-state index < -0.39 is 6.61 Å². The molecule has 0 fully saturated rings. The molecule has 0 spiro atoms. The molecular formula is C12H16F2O. The lowest BCUT2D eigenvalue weighted by Crippen LogP contribution is -2.03. The van der Waals surface area contributed by atoms with Gasteiger partial charge < -0.3 is 4.74 Å². The summed E-state index contributed by atoms with van der Waals surface area (Å²) in [7, 11) is 0. The van der Waals surface area contributed by atoms with Crippen LogP contribution in [0, 0.1) is 5.92 Å². The van der Waals surface area contributed by atoms with Crippen molar-refractivity contribution in [2.75, 3.05) is 0 Å². The van der Waals surface area contributed by atoms with Gasteiger partial charge >= 0.3 is 6.61 Å². The lowest BCUT2D eigenvalue weighted by Gasteiger charge is -2.10. The molecule has 1 unspecified atom stereocenters. The van der Waals surface area contributed by atoms with E-state index in [0.717, 1.165) is 18.4 Å². The molecule has 0 aromatic heterocycles. The van der Waals surface area contributed by atoms with Crippen molar-refractivity contribution in [1.29, 1.82) is 0 Å². The largest absolute Gasteiger partial charge is 0.435 e. The molecule has 1 atom stereocenters. The molecule has 1 aromatic carbocycles. The standard InChI is InChI=1S/C12H16F2O/c1-3-9(2)7-10-5-4-6-11(8-10)15-12(13)14/h4-6,8-9,12H,3,7H2,1-2H3. The summed E-state index contributed by atoms with van der Waals surface area (Å²) in [5.41, 5.74) is 1.04. The molecule has 3 heteroatoms. The highest BCUT2D eigenvalue weighted by Gasteiger charge is 2.06. The van der Waals surface area contributed by atoms with Gasteiger partial charge in [0.25, 0.3) is 0 Å². The Labute approximate surface area is 89.1 Å². The topological polar surface area (TPSA) is 9.23 Å². The van der Waals surface area contributed by atoms with E-state index in [0.29, 0.717) is 5.92 Å². The van der Waals surface area contributed by atoms with Crippen LogP contribution in [-0.2, 0) is 6.42 Å². The molecule has 0 aliphatic rings. The zero-order valence-electron chi connectivity index (χ0n) is 9.04. The van der Waals surface area contributed by atoms with Crippen LogP contribution in [0.4, 0.5) is 8.78 Å². The van der Waals surface area contributed by atoms with E-state index in [4.69, 9.17) is 0 Å². The maximum absolute atomic E-state index is 12.0. The number of benzene rings is 1. The smallest absolute Gasteiger partial charge is 0.387 e. The quantitative estimate of drug-likeness (QED) is 0.722. The Balaban J connectivity index is 2.65. The van der Waals surface area contributed by atoms with Gasteiger partial charge in [-0.1, -0.05) is 32.4 Å². The van der Waals surface area contributed by atoms with Gasteiger partial charge in [-0.2, -0.15) is 8.78 Å². The van der Waals surface area contributed by atoms with Gasteiger partial charge in [0.15, 0.2) is 0 Å². The van der Waals surface area contributed by atoms with Crippen LogP contribution in [0.1, 0.15) is 25.8 Å². The summed E-state index contributed by atoms with van der Waals surface area (Å²) in [6, 6.07) is 6.91. The highest BCUT2D eigenvalue weighted by molar-refractivity contribution is 5.28. The molecule has 1 aromatic rings. The predicted octanol–water partition coefficient (Wildman–Crippen LogP) is 3.88. The second-order valence-corrected chi connectivity index (χ2v) is 3.74. The van der Waals surface area contributed by atoms with Crippen molar-refractivity contribution in [3.05, 3.63) is 29.8 Å². The van der Waals surface area contributed by atoms with Crippen molar-refractivity contribution in [1.82, 2.24) is 0 Å². The molecule has 0 saturated carbocycles. The lowest BCUT2D eigenvalue weighted by molar-refractivity contribution is -0.0498. The minimum Gasteiger partial charge on any atom is -0.435 e. The summed E-state index contributed by atoms with van der Waals surface area (Å²) in [5, 5.41) is 0. The summed E-state index contributed by atoms with van der Waals surface area (Å²) in [5.74, 6) is 0.803. The third-order valence-electron chi connectivity index (χ3n) is 2.40. The van der Waals surface area contributed by atoms with Gasteiger partial charge in [-0.15, -0.1) is 0 Å². The molecule has 15 heavy (non-hydrogen) atoms. The molecule has 0 aliphatic heterocycles. The summed E-state index contributed by atoms with van der Waals surface area (Å²) in [4.78, 5) is 0. The molecule has 0 radical (unpaired) electrons. The average Bonchev–Trinajstić information content (AvgIpc) is 2.17. The zero-order valence-corrected chi connectivity index (χ0v) is 9.04. The molecular weight excluding hydrogens is 198 g/mol. The Kier molecular flexibility index (Phi) is 4.53. The number of hydrogen-bond donors (Lipinski definition) is 0. The molecule has 0 aliphatic carbocycles. The van der Waals surface area contributed by atoms with E-state index in [1.165, 1.54) is 0 Å². The van der Waals surface area contributed by atoms with Gasteiger partial charge in [-0.25, -0.2) is 0 Å². The van der Waals surface area contributed by atoms with Crippen molar-refractivity contribution < 1.29 is 13.5 Å². The van der Waals surface area contributed by atoms with Crippen molar-refractivity contribution in [3.63, 3.8) is 0 Å². The number of alkyl halides is 2. The summed E-state index contributed by atoms with van der Waals surface area (Å²) < 4.78 is 28.3. The molecule has 0 N–H and O–H groups in total. The Hall–Kier alpha value is -1.12. The Morgan fingerprint density at radius 3 is 2.67 bits per heavy atom. The van der Waals surface area contributed by atoms with Crippen LogP contribution in [-0.4, -0.2) is 6.61 Å². The Morgan fingerprint density at radius 1 is 1.33 bits per heavy atom. The second kappa shape index (κ2) is 5.69. The monoisotopic (exact) mass is 214 g/mol. The van der Waals surface area contributed by atoms with E-state index in [2.05, 4.69) is 18.6 Å². The van der Waals surface area contributed by atoms with E-state index in [1.54, 1.807) is 18.2 Å². The SMILES string of the molecule is CCC(C)Cc1cccc(OC(F)F)c1. The van der Waals surface area contributed by atoms with Crippen LogP contribution >= 0.6 is 0 Å². The fourth-order valence-corrected chi connectivity index (χ4v) is 1.40. The summed E-state index contributed by atoms with van der Waals surface area (Å²) in [6.07, 6.45) is 1.98. The third kappa shape index (κ3) is 4.28. The van der Waals surface area contributed by atoms with E-state index in [9.17, 15) is 8.78 Å². The first-order valence-corrected chi connectivity index (χ1v) is 5.15. The molecule has 0 saturated heterocycles. The Morgan fingerprint density at radius 2 is 2.07 bits per heavy atom. The predicted molar refractivity (Wildman–Crippen MR) is 56.2 cm³/mol. The Bertz CT molecular complexity index is 299. The number of ether oxygens (including phenoxy) is 1. The molecule has 0 heterocycles. The first-order chi connectivity index (χ1) is 7.11. The van der Waals surface area contributed by atoms with Crippen LogP contribution in [0.25, 0.3) is 0 Å². The van der Waals surface area contributed by atoms with Crippen LogP contribution < -0.4 is 4.74 Å². The van der Waals surface area contributed by atoms with Gasteiger partial charge in [0.2, 0.25) is 0 Å². The minimum atomic E-state index is -2.75. The van der Waals surface area contributed by atoms with Crippen molar-refractivity contribution in [2.45, 2.75) is 33.3 Å². The first kappa shape index (κ1) is 12.0. The maximum atomic E-state index is 12.0. The molecule has 0 amide bonds. The van der Waals surface area contributed by atoms with Crippen LogP contribution in [0.15, 0.2) is 24.3 Å². The lowest BCUT2D eigenvalue weighted by atomic mass is 9.99. The second-order valence-electron chi connectivity index (χ2n) is 3.74. The average molecular weight is 214 g/mol. The zero-order chi connectivity index (χ0) is 11.3. The van der Waals surface area contributed by atoms with Gasteiger partial charge in [0.1, 0.15) is 5.75 Å². The fraction of sp³-hybridized carbons (Fsp3) is 0.500. The van der Waals surface area contributed by atoms with Gasteiger partial charge in [0.05, 0.1) is 0 Å². The highest BCUT2D eigenvalue weighted by atomic mass is 19.3. The normalized spacial score (nSPS) is 12.9. The minimum absolute atomic E-state index is 0.241. The van der Waals surface area contributed by atoms with Crippen LogP contribution in [0.2, 0.25) is 0 Å². The number of hydrogen-bond acceptors (Lipinski definition) is 1. The number of rotatable bonds is 5. The number of halogens is 2. The first-order valence-electron chi connectivity index (χ1n) is 5.15.